The van der Waals surface area contributed by atoms with Crippen LogP contribution in [0.1, 0.15) is 44.7 Å². The highest BCUT2D eigenvalue weighted by atomic mass is 16.5. The number of phenolic OH excluding ortho intramolecular Hbond substituents is 1. The van der Waals surface area contributed by atoms with Crippen molar-refractivity contribution in [3.05, 3.63) is 29.8 Å². The quantitative estimate of drug-likeness (QED) is 0.662. The van der Waals surface area contributed by atoms with Gasteiger partial charge in [-0.25, -0.2) is 0 Å². The molecule has 0 aliphatic heterocycles. The number of hydrogen-bond donors (Lipinski definition) is 2. The molecule has 1 aromatic rings. The van der Waals surface area contributed by atoms with Crippen LogP contribution in [0.25, 0.3) is 0 Å². The number of ether oxygens (including phenoxy) is 1. The predicted octanol–water partition coefficient (Wildman–Crippen LogP) is 3.25. The molecule has 1 rings (SSSR count). The van der Waals surface area contributed by atoms with Crippen molar-refractivity contribution in [1.82, 2.24) is 5.32 Å². The summed E-state index contributed by atoms with van der Waals surface area (Å²) in [5.74, 6) is 0.315. The van der Waals surface area contributed by atoms with Crippen LogP contribution in [0.4, 0.5) is 0 Å². The van der Waals surface area contributed by atoms with Crippen LogP contribution in [0.3, 0.4) is 0 Å². The molecule has 1 unspecified atom stereocenters. The molecule has 0 aliphatic carbocycles. The molecule has 0 aromatic heterocycles. The molecule has 0 radical (unpaired) electrons. The third-order valence-corrected chi connectivity index (χ3v) is 2.95. The van der Waals surface area contributed by atoms with Gasteiger partial charge in [-0.3, -0.25) is 0 Å². The summed E-state index contributed by atoms with van der Waals surface area (Å²) < 4.78 is 5.50. The minimum atomic E-state index is 0.307. The first-order valence-electron chi connectivity index (χ1n) is 6.84. The molecule has 0 bridgehead atoms. The summed E-state index contributed by atoms with van der Waals surface area (Å²) in [7, 11) is 0. The van der Waals surface area contributed by atoms with E-state index in [-0.39, 0.29) is 0 Å². The fourth-order valence-corrected chi connectivity index (χ4v) is 1.72. The summed E-state index contributed by atoms with van der Waals surface area (Å²) >= 11 is 0. The van der Waals surface area contributed by atoms with E-state index in [1.54, 1.807) is 12.1 Å². The number of phenols is 1. The van der Waals surface area contributed by atoms with Crippen LogP contribution < -0.4 is 5.32 Å². The molecule has 1 aromatic carbocycles. The lowest BCUT2D eigenvalue weighted by molar-refractivity contribution is 0.128. The van der Waals surface area contributed by atoms with Crippen molar-refractivity contribution in [3.8, 4) is 5.75 Å². The monoisotopic (exact) mass is 251 g/mol. The maximum absolute atomic E-state index is 9.22. The lowest BCUT2D eigenvalue weighted by Gasteiger charge is -2.14. The Morgan fingerprint density at radius 2 is 1.83 bits per heavy atom. The van der Waals surface area contributed by atoms with Gasteiger partial charge in [0.05, 0.1) is 0 Å². The number of benzene rings is 1. The highest BCUT2D eigenvalue weighted by Crippen LogP contribution is 2.16. The van der Waals surface area contributed by atoms with Gasteiger partial charge in [0.1, 0.15) is 5.75 Å². The van der Waals surface area contributed by atoms with Crippen LogP contribution in [0.5, 0.6) is 5.75 Å². The highest BCUT2D eigenvalue weighted by Gasteiger charge is 2.03. The first-order valence-corrected chi connectivity index (χ1v) is 6.84. The number of nitrogens with one attached hydrogen (secondary N) is 1. The summed E-state index contributed by atoms with van der Waals surface area (Å²) in [6.07, 6.45) is 3.37. The van der Waals surface area contributed by atoms with Gasteiger partial charge in [-0.15, -0.1) is 0 Å². The standard InChI is InChI=1S/C15H25NO2/c1-3-4-11-18-12-5-10-16-13(2)14-6-8-15(17)9-7-14/h6-9,13,16-17H,3-5,10-12H2,1-2H3. The largest absolute Gasteiger partial charge is 0.508 e. The molecule has 0 aliphatic rings. The second-order valence-electron chi connectivity index (χ2n) is 4.59. The van der Waals surface area contributed by atoms with E-state index >= 15 is 0 Å². The number of aromatic hydroxyl groups is 1. The van der Waals surface area contributed by atoms with Gasteiger partial charge in [0.25, 0.3) is 0 Å². The van der Waals surface area contributed by atoms with Crippen molar-refractivity contribution in [2.75, 3.05) is 19.8 Å². The molecule has 0 spiro atoms. The molecule has 0 saturated carbocycles. The number of unbranched alkanes of at least 4 members (excludes halogenated alkanes) is 1. The van der Waals surface area contributed by atoms with E-state index in [0.29, 0.717) is 11.8 Å². The SMILES string of the molecule is CCCCOCCCNC(C)c1ccc(O)cc1. The van der Waals surface area contributed by atoms with Gasteiger partial charge in [-0.1, -0.05) is 25.5 Å². The summed E-state index contributed by atoms with van der Waals surface area (Å²) in [6.45, 7) is 6.96. The molecule has 18 heavy (non-hydrogen) atoms. The lowest BCUT2D eigenvalue weighted by Crippen LogP contribution is -2.21. The van der Waals surface area contributed by atoms with Gasteiger partial charge in [0, 0.05) is 19.3 Å². The van der Waals surface area contributed by atoms with Crippen molar-refractivity contribution in [2.24, 2.45) is 0 Å². The maximum atomic E-state index is 9.22. The third kappa shape index (κ3) is 6.03. The molecule has 3 heteroatoms. The Balaban J connectivity index is 2.10. The predicted molar refractivity (Wildman–Crippen MR) is 74.9 cm³/mol. The van der Waals surface area contributed by atoms with Crippen molar-refractivity contribution >= 4 is 0 Å². The Hall–Kier alpha value is -1.06. The Morgan fingerprint density at radius 1 is 1.17 bits per heavy atom. The summed E-state index contributed by atoms with van der Waals surface area (Å²) in [5.41, 5.74) is 1.19. The minimum absolute atomic E-state index is 0.307. The molecular formula is C15H25NO2. The summed E-state index contributed by atoms with van der Waals surface area (Å²) in [6, 6.07) is 7.65. The topological polar surface area (TPSA) is 41.5 Å². The molecule has 0 amide bonds. The van der Waals surface area contributed by atoms with Gasteiger partial charge in [0.15, 0.2) is 0 Å². The van der Waals surface area contributed by atoms with E-state index < -0.39 is 0 Å². The molecule has 3 nitrogen and oxygen atoms in total. The summed E-state index contributed by atoms with van der Waals surface area (Å²) in [5, 5.41) is 12.7. The van der Waals surface area contributed by atoms with Gasteiger partial charge >= 0.3 is 0 Å². The van der Waals surface area contributed by atoms with E-state index in [2.05, 4.69) is 19.2 Å². The zero-order valence-corrected chi connectivity index (χ0v) is 11.5. The van der Waals surface area contributed by atoms with Crippen LogP contribution in [0.15, 0.2) is 24.3 Å². The lowest BCUT2D eigenvalue weighted by atomic mass is 10.1. The van der Waals surface area contributed by atoms with Crippen LogP contribution in [-0.2, 0) is 4.74 Å². The average molecular weight is 251 g/mol. The van der Waals surface area contributed by atoms with Crippen LogP contribution in [0, 0.1) is 0 Å². The minimum Gasteiger partial charge on any atom is -0.508 e. The highest BCUT2D eigenvalue weighted by molar-refractivity contribution is 5.27. The van der Waals surface area contributed by atoms with Crippen molar-refractivity contribution < 1.29 is 9.84 Å². The third-order valence-electron chi connectivity index (χ3n) is 2.95. The fraction of sp³-hybridized carbons (Fsp3) is 0.600. The van der Waals surface area contributed by atoms with E-state index in [1.165, 1.54) is 12.0 Å². The second kappa shape index (κ2) is 8.95. The molecule has 1 atom stereocenters. The molecule has 0 fully saturated rings. The van der Waals surface area contributed by atoms with E-state index in [1.807, 2.05) is 12.1 Å². The van der Waals surface area contributed by atoms with E-state index in [0.717, 1.165) is 32.6 Å². The number of hydrogen-bond acceptors (Lipinski definition) is 3. The van der Waals surface area contributed by atoms with Gasteiger partial charge < -0.3 is 15.2 Å². The molecular weight excluding hydrogens is 226 g/mol. The molecule has 0 heterocycles. The first-order chi connectivity index (χ1) is 8.74. The van der Waals surface area contributed by atoms with Crippen molar-refractivity contribution in [1.29, 1.82) is 0 Å². The van der Waals surface area contributed by atoms with Crippen molar-refractivity contribution in [3.63, 3.8) is 0 Å². The van der Waals surface area contributed by atoms with Gasteiger partial charge in [-0.05, 0) is 44.0 Å². The van der Waals surface area contributed by atoms with Gasteiger partial charge in [0.2, 0.25) is 0 Å². The van der Waals surface area contributed by atoms with E-state index in [4.69, 9.17) is 4.74 Å². The summed E-state index contributed by atoms with van der Waals surface area (Å²) in [4.78, 5) is 0. The first kappa shape index (κ1) is 15.0. The average Bonchev–Trinajstić information content (AvgIpc) is 2.38. The zero-order chi connectivity index (χ0) is 13.2. The Morgan fingerprint density at radius 3 is 2.50 bits per heavy atom. The molecule has 2 N–H and O–H groups in total. The normalized spacial score (nSPS) is 12.6. The Kier molecular flexibility index (Phi) is 7.46. The fourth-order valence-electron chi connectivity index (χ4n) is 1.72. The van der Waals surface area contributed by atoms with Gasteiger partial charge in [-0.2, -0.15) is 0 Å². The number of rotatable bonds is 9. The second-order valence-corrected chi connectivity index (χ2v) is 4.59. The molecule has 102 valence electrons. The van der Waals surface area contributed by atoms with Crippen LogP contribution in [-0.4, -0.2) is 24.9 Å². The smallest absolute Gasteiger partial charge is 0.115 e. The van der Waals surface area contributed by atoms with Crippen LogP contribution in [0.2, 0.25) is 0 Å². The maximum Gasteiger partial charge on any atom is 0.115 e. The van der Waals surface area contributed by atoms with Crippen LogP contribution >= 0.6 is 0 Å². The van der Waals surface area contributed by atoms with E-state index in [9.17, 15) is 5.11 Å². The Labute approximate surface area is 110 Å². The van der Waals surface area contributed by atoms with Crippen molar-refractivity contribution in [2.45, 2.75) is 39.2 Å². The Bertz CT molecular complexity index is 311. The molecule has 0 saturated heterocycles. The zero-order valence-electron chi connectivity index (χ0n) is 11.5.